The van der Waals surface area contributed by atoms with Crippen molar-refractivity contribution < 1.29 is 9.72 Å². The number of piperidine rings is 1. The number of carbonyl (C=O) groups is 1. The molecule has 1 unspecified atom stereocenters. The van der Waals surface area contributed by atoms with Gasteiger partial charge in [-0.25, -0.2) is 0 Å². The molecule has 1 aliphatic rings. The van der Waals surface area contributed by atoms with Crippen LogP contribution in [-0.4, -0.2) is 34.9 Å². The van der Waals surface area contributed by atoms with E-state index in [-0.39, 0.29) is 35.5 Å². The van der Waals surface area contributed by atoms with Crippen LogP contribution in [-0.2, 0) is 0 Å². The van der Waals surface area contributed by atoms with Crippen LogP contribution in [0, 0.1) is 15.5 Å². The summed E-state index contributed by atoms with van der Waals surface area (Å²) in [7, 11) is 0. The van der Waals surface area contributed by atoms with Gasteiger partial charge in [-0.15, -0.1) is 12.4 Å². The Morgan fingerprint density at radius 2 is 1.95 bits per heavy atom. The Hall–Kier alpha value is -1.66. The fourth-order valence-corrected chi connectivity index (χ4v) is 2.46. The highest BCUT2D eigenvalue weighted by Crippen LogP contribution is 2.28. The van der Waals surface area contributed by atoms with E-state index in [0.717, 1.165) is 6.42 Å². The summed E-state index contributed by atoms with van der Waals surface area (Å²) >= 11 is 0. The number of nitrogens with two attached hydrogens (primary N) is 1. The number of hydrogen-bond donors (Lipinski definition) is 1. The summed E-state index contributed by atoms with van der Waals surface area (Å²) < 4.78 is 0. The maximum absolute atomic E-state index is 12.4. The number of nitro groups is 1. The minimum atomic E-state index is -0.475. The van der Waals surface area contributed by atoms with E-state index in [4.69, 9.17) is 5.73 Å². The van der Waals surface area contributed by atoms with Crippen LogP contribution >= 0.6 is 12.4 Å². The third-order valence-electron chi connectivity index (χ3n) is 3.92. The van der Waals surface area contributed by atoms with Gasteiger partial charge in [-0.1, -0.05) is 13.8 Å². The Bertz CT molecular complexity index is 531. The zero-order valence-electron chi connectivity index (χ0n) is 12.1. The first-order chi connectivity index (χ1) is 9.31. The lowest BCUT2D eigenvalue weighted by molar-refractivity contribution is -0.384. The first-order valence-electron chi connectivity index (χ1n) is 6.60. The van der Waals surface area contributed by atoms with Crippen molar-refractivity contribution in [1.29, 1.82) is 0 Å². The van der Waals surface area contributed by atoms with Crippen LogP contribution in [0.4, 0.5) is 5.69 Å². The molecular formula is C14H20ClN3O3. The summed E-state index contributed by atoms with van der Waals surface area (Å²) in [4.78, 5) is 24.3. The molecule has 0 aliphatic carbocycles. The Kier molecular flexibility index (Phi) is 5.31. The molecule has 116 valence electrons. The summed E-state index contributed by atoms with van der Waals surface area (Å²) in [5.41, 5.74) is 6.40. The van der Waals surface area contributed by atoms with E-state index in [2.05, 4.69) is 0 Å². The number of non-ortho nitro benzene ring substituents is 1. The maximum atomic E-state index is 12.4. The quantitative estimate of drug-likeness (QED) is 0.669. The molecule has 6 nitrogen and oxygen atoms in total. The highest BCUT2D eigenvalue weighted by molar-refractivity contribution is 5.94. The van der Waals surface area contributed by atoms with Gasteiger partial charge in [0.2, 0.25) is 0 Å². The number of halogens is 1. The number of nitro benzene ring substituents is 1. The third kappa shape index (κ3) is 3.71. The number of likely N-dealkylation sites (tertiary alicyclic amines) is 1. The molecule has 0 spiro atoms. The molecule has 1 atom stereocenters. The fourth-order valence-electron chi connectivity index (χ4n) is 2.46. The molecule has 1 saturated heterocycles. The number of amides is 1. The van der Waals surface area contributed by atoms with Gasteiger partial charge in [0.1, 0.15) is 0 Å². The lowest BCUT2D eigenvalue weighted by Gasteiger charge is -2.42. The van der Waals surface area contributed by atoms with Crippen LogP contribution in [0.2, 0.25) is 0 Å². The van der Waals surface area contributed by atoms with E-state index in [0.29, 0.717) is 18.7 Å². The minimum absolute atomic E-state index is 0. The van der Waals surface area contributed by atoms with Gasteiger partial charge in [-0.05, 0) is 24.0 Å². The smallest absolute Gasteiger partial charge is 0.269 e. The number of carbonyl (C=O) groups excluding carboxylic acids is 1. The average Bonchev–Trinajstić information content (AvgIpc) is 2.41. The van der Waals surface area contributed by atoms with Gasteiger partial charge in [0.25, 0.3) is 11.6 Å². The molecule has 1 amide bonds. The molecule has 1 fully saturated rings. The molecule has 1 aromatic rings. The molecule has 2 N–H and O–H groups in total. The standard InChI is InChI=1S/C14H19N3O3.ClH/c1-14(2)9-16(8-7-12(14)15)13(18)10-3-5-11(6-4-10)17(19)20;/h3-6,12H,7-9,15H2,1-2H3;1H. The first kappa shape index (κ1) is 17.4. The summed E-state index contributed by atoms with van der Waals surface area (Å²) in [5, 5.41) is 10.6. The van der Waals surface area contributed by atoms with Crippen molar-refractivity contribution in [2.45, 2.75) is 26.3 Å². The highest BCUT2D eigenvalue weighted by atomic mass is 35.5. The van der Waals surface area contributed by atoms with Crippen LogP contribution < -0.4 is 5.73 Å². The van der Waals surface area contributed by atoms with Crippen LogP contribution in [0.1, 0.15) is 30.6 Å². The van der Waals surface area contributed by atoms with Crippen molar-refractivity contribution in [2.75, 3.05) is 13.1 Å². The van der Waals surface area contributed by atoms with Gasteiger partial charge < -0.3 is 10.6 Å². The minimum Gasteiger partial charge on any atom is -0.338 e. The SMILES string of the molecule is CC1(C)CN(C(=O)c2ccc([N+](=O)[O-])cc2)CCC1N.Cl. The zero-order chi connectivity index (χ0) is 14.9. The molecule has 7 heteroatoms. The second kappa shape index (κ2) is 6.41. The molecule has 1 aromatic carbocycles. The van der Waals surface area contributed by atoms with E-state index in [1.165, 1.54) is 24.3 Å². The molecule has 21 heavy (non-hydrogen) atoms. The zero-order valence-corrected chi connectivity index (χ0v) is 12.9. The van der Waals surface area contributed by atoms with E-state index in [1.807, 2.05) is 13.8 Å². The van der Waals surface area contributed by atoms with Crippen molar-refractivity contribution >= 4 is 24.0 Å². The van der Waals surface area contributed by atoms with Crippen molar-refractivity contribution in [2.24, 2.45) is 11.1 Å². The summed E-state index contributed by atoms with van der Waals surface area (Å²) in [6.45, 7) is 5.32. The molecule has 1 heterocycles. The molecule has 2 rings (SSSR count). The molecule has 1 aliphatic heterocycles. The topological polar surface area (TPSA) is 89.5 Å². The fraction of sp³-hybridized carbons (Fsp3) is 0.500. The Labute approximate surface area is 129 Å². The maximum Gasteiger partial charge on any atom is 0.269 e. The predicted octanol–water partition coefficient (Wildman–Crippen LogP) is 2.22. The van der Waals surface area contributed by atoms with Crippen LogP contribution in [0.5, 0.6) is 0 Å². The summed E-state index contributed by atoms with van der Waals surface area (Å²) in [6, 6.07) is 5.80. The number of rotatable bonds is 2. The van der Waals surface area contributed by atoms with Crippen molar-refractivity contribution in [3.63, 3.8) is 0 Å². The molecule has 0 aromatic heterocycles. The Morgan fingerprint density at radius 1 is 1.38 bits per heavy atom. The van der Waals surface area contributed by atoms with Crippen LogP contribution in [0.15, 0.2) is 24.3 Å². The highest BCUT2D eigenvalue weighted by Gasteiger charge is 2.35. The van der Waals surface area contributed by atoms with Gasteiger partial charge in [-0.3, -0.25) is 14.9 Å². The van der Waals surface area contributed by atoms with Gasteiger partial charge in [0.15, 0.2) is 0 Å². The number of benzene rings is 1. The van der Waals surface area contributed by atoms with Gasteiger partial charge in [0.05, 0.1) is 4.92 Å². The van der Waals surface area contributed by atoms with Crippen molar-refractivity contribution in [1.82, 2.24) is 4.90 Å². The molecule has 0 radical (unpaired) electrons. The monoisotopic (exact) mass is 313 g/mol. The molecular weight excluding hydrogens is 294 g/mol. The second-order valence-electron chi connectivity index (χ2n) is 5.91. The van der Waals surface area contributed by atoms with Gasteiger partial charge in [-0.2, -0.15) is 0 Å². The van der Waals surface area contributed by atoms with Crippen LogP contribution in [0.25, 0.3) is 0 Å². The van der Waals surface area contributed by atoms with Gasteiger partial charge >= 0.3 is 0 Å². The van der Waals surface area contributed by atoms with E-state index in [9.17, 15) is 14.9 Å². The Morgan fingerprint density at radius 3 is 2.43 bits per heavy atom. The molecule has 0 saturated carbocycles. The third-order valence-corrected chi connectivity index (χ3v) is 3.92. The van der Waals surface area contributed by atoms with E-state index < -0.39 is 4.92 Å². The summed E-state index contributed by atoms with van der Waals surface area (Å²) in [5.74, 6) is -0.0973. The second-order valence-corrected chi connectivity index (χ2v) is 5.91. The summed E-state index contributed by atoms with van der Waals surface area (Å²) in [6.07, 6.45) is 0.770. The van der Waals surface area contributed by atoms with Crippen molar-refractivity contribution in [3.05, 3.63) is 39.9 Å². The van der Waals surface area contributed by atoms with Crippen LogP contribution in [0.3, 0.4) is 0 Å². The normalized spacial score (nSPS) is 20.5. The van der Waals surface area contributed by atoms with E-state index in [1.54, 1.807) is 4.90 Å². The lowest BCUT2D eigenvalue weighted by atomic mass is 9.79. The Balaban J connectivity index is 0.00000220. The molecule has 0 bridgehead atoms. The lowest BCUT2D eigenvalue weighted by Crippen LogP contribution is -2.53. The largest absolute Gasteiger partial charge is 0.338 e. The van der Waals surface area contributed by atoms with Crippen molar-refractivity contribution in [3.8, 4) is 0 Å². The average molecular weight is 314 g/mol. The van der Waals surface area contributed by atoms with Gasteiger partial charge in [0, 0.05) is 36.8 Å². The van der Waals surface area contributed by atoms with E-state index >= 15 is 0 Å². The predicted molar refractivity (Wildman–Crippen MR) is 82.6 cm³/mol. The number of nitrogens with zero attached hydrogens (tertiary/aromatic N) is 2. The first-order valence-corrected chi connectivity index (χ1v) is 6.60. The number of hydrogen-bond acceptors (Lipinski definition) is 4.